The van der Waals surface area contributed by atoms with Crippen LogP contribution in [0.15, 0.2) is 18.2 Å². The molecule has 4 heteroatoms. The molecule has 1 aromatic rings. The number of nitrogens with zero attached hydrogens (tertiary/aromatic N) is 1. The molecule has 1 amide bonds. The fourth-order valence-electron chi connectivity index (χ4n) is 3.23. The second kappa shape index (κ2) is 6.58. The van der Waals surface area contributed by atoms with Gasteiger partial charge in [-0.05, 0) is 75.1 Å². The van der Waals surface area contributed by atoms with Gasteiger partial charge in [-0.15, -0.1) is 0 Å². The number of hydrogen-bond donors (Lipinski definition) is 2. The van der Waals surface area contributed by atoms with Crippen molar-refractivity contribution in [3.63, 3.8) is 0 Å². The van der Waals surface area contributed by atoms with Crippen molar-refractivity contribution in [2.45, 2.75) is 25.8 Å². The van der Waals surface area contributed by atoms with Gasteiger partial charge in [-0.1, -0.05) is 6.07 Å². The van der Waals surface area contributed by atoms with Crippen LogP contribution in [0, 0.1) is 5.92 Å². The van der Waals surface area contributed by atoms with E-state index in [0.29, 0.717) is 5.92 Å². The zero-order valence-electron chi connectivity index (χ0n) is 12.8. The van der Waals surface area contributed by atoms with Crippen LogP contribution in [-0.4, -0.2) is 44.0 Å². The zero-order valence-corrected chi connectivity index (χ0v) is 12.8. The van der Waals surface area contributed by atoms with E-state index in [4.69, 9.17) is 0 Å². The summed E-state index contributed by atoms with van der Waals surface area (Å²) in [5, 5.41) is 6.47. The summed E-state index contributed by atoms with van der Waals surface area (Å²) in [7, 11) is 2.16. The van der Waals surface area contributed by atoms with E-state index >= 15 is 0 Å². The average Bonchev–Trinajstić information content (AvgIpc) is 2.53. The minimum Gasteiger partial charge on any atom is -0.352 e. The number of piperidine rings is 1. The third-order valence-corrected chi connectivity index (χ3v) is 4.74. The fraction of sp³-hybridized carbons (Fsp3) is 0.588. The molecular formula is C17H25N3O. The molecule has 21 heavy (non-hydrogen) atoms. The minimum atomic E-state index is 0.0716. The Bertz CT molecular complexity index is 507. The van der Waals surface area contributed by atoms with Crippen molar-refractivity contribution in [3.8, 4) is 0 Å². The molecule has 0 aliphatic carbocycles. The van der Waals surface area contributed by atoms with Gasteiger partial charge in [-0.25, -0.2) is 0 Å². The minimum absolute atomic E-state index is 0.0716. The zero-order chi connectivity index (χ0) is 14.7. The number of likely N-dealkylation sites (tertiary alicyclic amines) is 1. The molecule has 1 aromatic carbocycles. The Labute approximate surface area is 126 Å². The van der Waals surface area contributed by atoms with E-state index < -0.39 is 0 Å². The quantitative estimate of drug-likeness (QED) is 0.883. The monoisotopic (exact) mass is 287 g/mol. The van der Waals surface area contributed by atoms with Crippen LogP contribution >= 0.6 is 0 Å². The van der Waals surface area contributed by atoms with Gasteiger partial charge in [0.1, 0.15) is 0 Å². The van der Waals surface area contributed by atoms with Crippen molar-refractivity contribution in [2.75, 3.05) is 33.2 Å². The van der Waals surface area contributed by atoms with E-state index in [0.717, 1.165) is 44.7 Å². The van der Waals surface area contributed by atoms with Crippen LogP contribution in [0.5, 0.6) is 0 Å². The summed E-state index contributed by atoms with van der Waals surface area (Å²) in [6, 6.07) is 6.13. The van der Waals surface area contributed by atoms with Crippen LogP contribution in [-0.2, 0) is 13.0 Å². The maximum absolute atomic E-state index is 12.3. The number of rotatable bonds is 3. The third kappa shape index (κ3) is 3.63. The lowest BCUT2D eigenvalue weighted by Gasteiger charge is -2.29. The molecule has 0 atom stereocenters. The van der Waals surface area contributed by atoms with Crippen LogP contribution in [0.25, 0.3) is 0 Å². The molecule has 0 aromatic heterocycles. The number of carbonyl (C=O) groups excluding carboxylic acids is 1. The van der Waals surface area contributed by atoms with E-state index in [1.54, 1.807) is 0 Å². The first kappa shape index (κ1) is 14.5. The largest absolute Gasteiger partial charge is 0.352 e. The van der Waals surface area contributed by atoms with Gasteiger partial charge in [0.05, 0.1) is 0 Å². The van der Waals surface area contributed by atoms with Crippen molar-refractivity contribution in [1.82, 2.24) is 15.5 Å². The average molecular weight is 287 g/mol. The van der Waals surface area contributed by atoms with Crippen LogP contribution < -0.4 is 10.6 Å². The first-order chi connectivity index (χ1) is 10.2. The van der Waals surface area contributed by atoms with Crippen molar-refractivity contribution in [1.29, 1.82) is 0 Å². The van der Waals surface area contributed by atoms with Gasteiger partial charge < -0.3 is 15.5 Å². The van der Waals surface area contributed by atoms with Crippen molar-refractivity contribution < 1.29 is 4.79 Å². The Morgan fingerprint density at radius 3 is 2.95 bits per heavy atom. The van der Waals surface area contributed by atoms with Gasteiger partial charge in [-0.2, -0.15) is 0 Å². The lowest BCUT2D eigenvalue weighted by atomic mass is 9.96. The first-order valence-corrected chi connectivity index (χ1v) is 8.01. The molecule has 1 saturated heterocycles. The summed E-state index contributed by atoms with van der Waals surface area (Å²) >= 11 is 0. The normalized spacial score (nSPS) is 20.0. The summed E-state index contributed by atoms with van der Waals surface area (Å²) in [5.74, 6) is 0.701. The molecule has 0 bridgehead atoms. The van der Waals surface area contributed by atoms with Gasteiger partial charge >= 0.3 is 0 Å². The van der Waals surface area contributed by atoms with E-state index in [2.05, 4.69) is 28.6 Å². The van der Waals surface area contributed by atoms with Crippen LogP contribution in [0.3, 0.4) is 0 Å². The molecule has 0 saturated carbocycles. The Balaban J connectivity index is 1.55. The second-order valence-electron chi connectivity index (χ2n) is 6.37. The maximum atomic E-state index is 12.3. The Morgan fingerprint density at radius 1 is 1.33 bits per heavy atom. The number of carbonyl (C=O) groups is 1. The summed E-state index contributed by atoms with van der Waals surface area (Å²) in [6.07, 6.45) is 3.43. The molecule has 2 aliphatic heterocycles. The number of hydrogen-bond acceptors (Lipinski definition) is 3. The van der Waals surface area contributed by atoms with Crippen molar-refractivity contribution in [2.24, 2.45) is 5.92 Å². The smallest absolute Gasteiger partial charge is 0.251 e. The van der Waals surface area contributed by atoms with Crippen LogP contribution in [0.4, 0.5) is 0 Å². The number of nitrogens with one attached hydrogen (secondary N) is 2. The van der Waals surface area contributed by atoms with Crippen molar-refractivity contribution >= 4 is 5.91 Å². The molecule has 3 rings (SSSR count). The summed E-state index contributed by atoms with van der Waals surface area (Å²) < 4.78 is 0. The Morgan fingerprint density at radius 2 is 2.14 bits per heavy atom. The molecular weight excluding hydrogens is 262 g/mol. The lowest BCUT2D eigenvalue weighted by Crippen LogP contribution is -2.37. The predicted molar refractivity (Wildman–Crippen MR) is 84.4 cm³/mol. The van der Waals surface area contributed by atoms with Gasteiger partial charge in [0, 0.05) is 18.7 Å². The standard InChI is InChI=1S/C17H25N3O/c1-20-8-5-13(6-9-20)11-19-17(21)15-3-2-14-4-7-18-12-16(14)10-15/h2-3,10,13,18H,4-9,11-12H2,1H3,(H,19,21). The topological polar surface area (TPSA) is 44.4 Å². The van der Waals surface area contributed by atoms with E-state index in [1.807, 2.05) is 12.1 Å². The summed E-state index contributed by atoms with van der Waals surface area (Å²) in [4.78, 5) is 14.7. The summed E-state index contributed by atoms with van der Waals surface area (Å²) in [5.41, 5.74) is 3.44. The summed E-state index contributed by atoms with van der Waals surface area (Å²) in [6.45, 7) is 5.01. The van der Waals surface area contributed by atoms with Gasteiger partial charge in [0.25, 0.3) is 5.91 Å². The molecule has 2 aliphatic rings. The third-order valence-electron chi connectivity index (χ3n) is 4.74. The predicted octanol–water partition coefficient (Wildman–Crippen LogP) is 1.40. The number of fused-ring (bicyclic) bond motifs is 1. The SMILES string of the molecule is CN1CCC(CNC(=O)c2ccc3c(c2)CNCC3)CC1. The van der Waals surface area contributed by atoms with Crippen molar-refractivity contribution in [3.05, 3.63) is 34.9 Å². The number of benzene rings is 1. The highest BCUT2D eigenvalue weighted by Gasteiger charge is 2.18. The van der Waals surface area contributed by atoms with E-state index in [9.17, 15) is 4.79 Å². The highest BCUT2D eigenvalue weighted by molar-refractivity contribution is 5.94. The molecule has 2 heterocycles. The molecule has 0 unspecified atom stereocenters. The molecule has 2 N–H and O–H groups in total. The molecule has 114 valence electrons. The fourth-order valence-corrected chi connectivity index (χ4v) is 3.23. The van der Waals surface area contributed by atoms with E-state index in [1.165, 1.54) is 24.0 Å². The van der Waals surface area contributed by atoms with Crippen LogP contribution in [0.2, 0.25) is 0 Å². The number of amides is 1. The molecule has 0 spiro atoms. The molecule has 0 radical (unpaired) electrons. The Kier molecular flexibility index (Phi) is 4.56. The van der Waals surface area contributed by atoms with Gasteiger partial charge in [0.2, 0.25) is 0 Å². The second-order valence-corrected chi connectivity index (χ2v) is 6.37. The Hall–Kier alpha value is -1.39. The lowest BCUT2D eigenvalue weighted by molar-refractivity contribution is 0.0939. The van der Waals surface area contributed by atoms with Gasteiger partial charge in [-0.3, -0.25) is 4.79 Å². The molecule has 4 nitrogen and oxygen atoms in total. The van der Waals surface area contributed by atoms with Crippen LogP contribution in [0.1, 0.15) is 34.3 Å². The van der Waals surface area contributed by atoms with E-state index in [-0.39, 0.29) is 5.91 Å². The molecule has 1 fully saturated rings. The highest BCUT2D eigenvalue weighted by Crippen LogP contribution is 2.17. The van der Waals surface area contributed by atoms with Gasteiger partial charge in [0.15, 0.2) is 0 Å². The first-order valence-electron chi connectivity index (χ1n) is 8.01. The maximum Gasteiger partial charge on any atom is 0.251 e. The highest BCUT2D eigenvalue weighted by atomic mass is 16.1.